The Labute approximate surface area is 158 Å². The standard InChI is InChI=1S/C19H25N5O3/c1-27-16-4-2-3-14(9-16)13-24-8-7-21-19(26)17(24)10-18(25)20-6-5-15-11-22-23-12-15/h2-4,9,11-12,17H,5-8,10,13H2,1H3,(H,20,25)(H,21,26)(H,22,23)/t17-/m0/s1. The molecule has 0 saturated carbocycles. The Balaban J connectivity index is 1.56. The Morgan fingerprint density at radius 2 is 2.30 bits per heavy atom. The summed E-state index contributed by atoms with van der Waals surface area (Å²) in [6.07, 6.45) is 4.38. The zero-order valence-corrected chi connectivity index (χ0v) is 15.4. The average Bonchev–Trinajstić information content (AvgIpc) is 3.18. The van der Waals surface area contributed by atoms with Gasteiger partial charge in [0.15, 0.2) is 0 Å². The Bertz CT molecular complexity index is 762. The van der Waals surface area contributed by atoms with Gasteiger partial charge in [0.2, 0.25) is 11.8 Å². The van der Waals surface area contributed by atoms with Crippen LogP contribution in [0, 0.1) is 0 Å². The second-order valence-corrected chi connectivity index (χ2v) is 6.54. The van der Waals surface area contributed by atoms with E-state index in [0.29, 0.717) is 32.6 Å². The number of methoxy groups -OCH3 is 1. The summed E-state index contributed by atoms with van der Waals surface area (Å²) >= 11 is 0. The van der Waals surface area contributed by atoms with Gasteiger partial charge in [0.1, 0.15) is 5.75 Å². The first-order chi connectivity index (χ1) is 13.2. The highest BCUT2D eigenvalue weighted by atomic mass is 16.5. The quantitative estimate of drug-likeness (QED) is 0.626. The van der Waals surface area contributed by atoms with Crippen molar-refractivity contribution in [3.63, 3.8) is 0 Å². The number of nitrogens with one attached hydrogen (secondary N) is 3. The minimum absolute atomic E-state index is 0.103. The molecule has 1 aromatic heterocycles. The summed E-state index contributed by atoms with van der Waals surface area (Å²) in [5, 5.41) is 12.4. The molecule has 0 unspecified atom stereocenters. The molecule has 3 N–H and O–H groups in total. The van der Waals surface area contributed by atoms with Crippen LogP contribution < -0.4 is 15.4 Å². The monoisotopic (exact) mass is 371 g/mol. The van der Waals surface area contributed by atoms with Crippen LogP contribution in [0.3, 0.4) is 0 Å². The van der Waals surface area contributed by atoms with Crippen LogP contribution in [0.2, 0.25) is 0 Å². The lowest BCUT2D eigenvalue weighted by molar-refractivity contribution is -0.134. The van der Waals surface area contributed by atoms with Crippen LogP contribution in [0.5, 0.6) is 5.75 Å². The van der Waals surface area contributed by atoms with Crippen molar-refractivity contribution >= 4 is 11.8 Å². The van der Waals surface area contributed by atoms with Crippen LogP contribution in [-0.4, -0.2) is 59.7 Å². The molecule has 0 radical (unpaired) electrons. The molecule has 1 aliphatic heterocycles. The molecule has 2 amide bonds. The summed E-state index contributed by atoms with van der Waals surface area (Å²) in [7, 11) is 1.63. The summed E-state index contributed by atoms with van der Waals surface area (Å²) in [5.41, 5.74) is 2.08. The van der Waals surface area contributed by atoms with Crippen molar-refractivity contribution in [2.24, 2.45) is 0 Å². The third kappa shape index (κ3) is 5.30. The number of hydrogen-bond donors (Lipinski definition) is 3. The van der Waals surface area contributed by atoms with Crippen LogP contribution in [0.4, 0.5) is 0 Å². The van der Waals surface area contributed by atoms with Crippen molar-refractivity contribution in [3.05, 3.63) is 47.8 Å². The maximum Gasteiger partial charge on any atom is 0.237 e. The van der Waals surface area contributed by atoms with Gasteiger partial charge in [0.25, 0.3) is 0 Å². The second kappa shape index (κ2) is 9.18. The number of aromatic amines is 1. The number of aromatic nitrogens is 2. The Kier molecular flexibility index (Phi) is 6.43. The van der Waals surface area contributed by atoms with Gasteiger partial charge in [0, 0.05) is 32.4 Å². The van der Waals surface area contributed by atoms with Crippen LogP contribution in [0.25, 0.3) is 0 Å². The molecule has 1 atom stereocenters. The molecule has 1 saturated heterocycles. The first kappa shape index (κ1) is 18.9. The topological polar surface area (TPSA) is 99.3 Å². The van der Waals surface area contributed by atoms with E-state index in [9.17, 15) is 9.59 Å². The third-order valence-corrected chi connectivity index (χ3v) is 4.63. The van der Waals surface area contributed by atoms with Gasteiger partial charge in [-0.2, -0.15) is 5.10 Å². The minimum Gasteiger partial charge on any atom is -0.497 e. The SMILES string of the molecule is COc1cccc(CN2CCNC(=O)[C@@H]2CC(=O)NCCc2cn[nH]c2)c1. The van der Waals surface area contributed by atoms with Gasteiger partial charge in [-0.25, -0.2) is 0 Å². The minimum atomic E-state index is -0.473. The van der Waals surface area contributed by atoms with Crippen LogP contribution >= 0.6 is 0 Å². The van der Waals surface area contributed by atoms with Gasteiger partial charge in [-0.05, 0) is 29.7 Å². The number of H-pyrrole nitrogens is 1. The second-order valence-electron chi connectivity index (χ2n) is 6.54. The van der Waals surface area contributed by atoms with E-state index in [1.54, 1.807) is 19.5 Å². The maximum atomic E-state index is 12.3. The molecule has 0 bridgehead atoms. The number of benzene rings is 1. The van der Waals surface area contributed by atoms with Crippen molar-refractivity contribution in [1.82, 2.24) is 25.7 Å². The Morgan fingerprint density at radius 3 is 3.07 bits per heavy atom. The van der Waals surface area contributed by atoms with Gasteiger partial charge in [0.05, 0.1) is 25.8 Å². The summed E-state index contributed by atoms with van der Waals surface area (Å²) in [4.78, 5) is 26.7. The van der Waals surface area contributed by atoms with E-state index in [0.717, 1.165) is 16.9 Å². The summed E-state index contributed by atoms with van der Waals surface area (Å²) in [5.74, 6) is 0.549. The van der Waals surface area contributed by atoms with Gasteiger partial charge in [-0.15, -0.1) is 0 Å². The van der Waals surface area contributed by atoms with Gasteiger partial charge < -0.3 is 15.4 Å². The lowest BCUT2D eigenvalue weighted by atomic mass is 10.1. The highest BCUT2D eigenvalue weighted by Gasteiger charge is 2.31. The van der Waals surface area contributed by atoms with E-state index in [2.05, 4.69) is 20.8 Å². The van der Waals surface area contributed by atoms with Gasteiger partial charge in [-0.1, -0.05) is 12.1 Å². The van der Waals surface area contributed by atoms with E-state index >= 15 is 0 Å². The van der Waals surface area contributed by atoms with Gasteiger partial charge in [-0.3, -0.25) is 19.6 Å². The molecule has 0 spiro atoms. The summed E-state index contributed by atoms with van der Waals surface area (Å²) in [6.45, 7) is 2.40. The lowest BCUT2D eigenvalue weighted by Gasteiger charge is -2.34. The summed E-state index contributed by atoms with van der Waals surface area (Å²) in [6, 6.07) is 7.29. The number of amides is 2. The van der Waals surface area contributed by atoms with E-state index < -0.39 is 6.04 Å². The predicted molar refractivity (Wildman–Crippen MR) is 100 cm³/mol. The van der Waals surface area contributed by atoms with E-state index in [4.69, 9.17) is 4.74 Å². The summed E-state index contributed by atoms with van der Waals surface area (Å²) < 4.78 is 5.26. The van der Waals surface area contributed by atoms with Crippen molar-refractivity contribution in [2.75, 3.05) is 26.7 Å². The van der Waals surface area contributed by atoms with Crippen LogP contribution in [-0.2, 0) is 22.6 Å². The maximum absolute atomic E-state index is 12.3. The lowest BCUT2D eigenvalue weighted by Crippen LogP contribution is -2.56. The van der Waals surface area contributed by atoms with E-state index in [1.807, 2.05) is 29.2 Å². The van der Waals surface area contributed by atoms with Crippen LogP contribution in [0.15, 0.2) is 36.7 Å². The number of carbonyl (C=O) groups is 2. The van der Waals surface area contributed by atoms with Crippen molar-refractivity contribution in [2.45, 2.75) is 25.4 Å². The van der Waals surface area contributed by atoms with Crippen LogP contribution in [0.1, 0.15) is 17.5 Å². The molecule has 2 aromatic rings. The molecule has 3 rings (SSSR count). The van der Waals surface area contributed by atoms with Crippen molar-refractivity contribution in [3.8, 4) is 5.75 Å². The fourth-order valence-corrected chi connectivity index (χ4v) is 3.19. The first-order valence-corrected chi connectivity index (χ1v) is 9.05. The molecule has 0 aliphatic carbocycles. The molecule has 2 heterocycles. The van der Waals surface area contributed by atoms with Gasteiger partial charge >= 0.3 is 0 Å². The number of hydrogen-bond acceptors (Lipinski definition) is 5. The molecular formula is C19H25N5O3. The number of rotatable bonds is 8. The third-order valence-electron chi connectivity index (χ3n) is 4.63. The molecule has 1 aromatic carbocycles. The van der Waals surface area contributed by atoms with Crippen molar-refractivity contribution in [1.29, 1.82) is 0 Å². The molecular weight excluding hydrogens is 346 g/mol. The molecule has 8 nitrogen and oxygen atoms in total. The van der Waals surface area contributed by atoms with E-state index in [1.165, 1.54) is 0 Å². The molecule has 1 aliphatic rings. The zero-order valence-electron chi connectivity index (χ0n) is 15.4. The first-order valence-electron chi connectivity index (χ1n) is 9.05. The molecule has 1 fully saturated rings. The normalized spacial score (nSPS) is 17.4. The highest BCUT2D eigenvalue weighted by molar-refractivity contribution is 5.88. The van der Waals surface area contributed by atoms with E-state index in [-0.39, 0.29) is 18.2 Å². The zero-order chi connectivity index (χ0) is 19.1. The predicted octanol–water partition coefficient (Wildman–Crippen LogP) is 0.468. The number of carbonyl (C=O) groups excluding carboxylic acids is 2. The Hall–Kier alpha value is -2.87. The fourth-order valence-electron chi connectivity index (χ4n) is 3.19. The average molecular weight is 371 g/mol. The number of piperazine rings is 1. The smallest absolute Gasteiger partial charge is 0.237 e. The number of ether oxygens (including phenoxy) is 1. The van der Waals surface area contributed by atoms with Crippen molar-refractivity contribution < 1.29 is 14.3 Å². The Morgan fingerprint density at radius 1 is 1.41 bits per heavy atom. The fraction of sp³-hybridized carbons (Fsp3) is 0.421. The highest BCUT2D eigenvalue weighted by Crippen LogP contribution is 2.18. The molecule has 27 heavy (non-hydrogen) atoms. The molecule has 8 heteroatoms. The molecule has 144 valence electrons. The number of nitrogens with zero attached hydrogens (tertiary/aromatic N) is 2. The largest absolute Gasteiger partial charge is 0.497 e.